The van der Waals surface area contributed by atoms with Gasteiger partial charge in [0.2, 0.25) is 0 Å². The van der Waals surface area contributed by atoms with Gasteiger partial charge in [0.05, 0.1) is 16.8 Å². The highest BCUT2D eigenvalue weighted by Crippen LogP contribution is 2.31. The second kappa shape index (κ2) is 6.31. The van der Waals surface area contributed by atoms with Crippen LogP contribution >= 0.6 is 11.6 Å². The maximum atomic E-state index is 12.4. The largest absolute Gasteiger partial charge is 0.416 e. The summed E-state index contributed by atoms with van der Waals surface area (Å²) in [6.45, 7) is 0.396. The molecule has 0 radical (unpaired) electrons. The fourth-order valence-corrected chi connectivity index (χ4v) is 1.41. The highest BCUT2D eigenvalue weighted by Gasteiger charge is 2.30. The zero-order chi connectivity index (χ0) is 13.6. The Morgan fingerprint density at radius 2 is 2.06 bits per heavy atom. The highest BCUT2D eigenvalue weighted by atomic mass is 35.5. The summed E-state index contributed by atoms with van der Waals surface area (Å²) in [4.78, 5) is 0. The third-order valence-electron chi connectivity index (χ3n) is 2.13. The van der Waals surface area contributed by atoms with Crippen molar-refractivity contribution < 1.29 is 13.2 Å². The molecule has 0 aliphatic heterocycles. The maximum Gasteiger partial charge on any atom is 0.416 e. The van der Waals surface area contributed by atoms with Crippen LogP contribution in [0.15, 0.2) is 30.4 Å². The van der Waals surface area contributed by atoms with Crippen LogP contribution in [0.1, 0.15) is 11.1 Å². The van der Waals surface area contributed by atoms with Crippen molar-refractivity contribution in [2.75, 3.05) is 17.7 Å². The van der Waals surface area contributed by atoms with Gasteiger partial charge < -0.3 is 5.32 Å². The lowest BCUT2D eigenvalue weighted by atomic mass is 10.1. The molecule has 0 saturated heterocycles. The number of nitrogens with zero attached hydrogens (tertiary/aromatic N) is 1. The Bertz CT molecular complexity index is 475. The molecule has 1 rings (SSSR count). The van der Waals surface area contributed by atoms with E-state index >= 15 is 0 Å². The number of hydrogen-bond donors (Lipinski definition) is 1. The number of anilines is 1. The predicted octanol–water partition coefficient (Wildman–Crippen LogP) is 3.78. The quantitative estimate of drug-likeness (QED) is 0.670. The van der Waals surface area contributed by atoms with Crippen LogP contribution in [0.2, 0.25) is 0 Å². The van der Waals surface area contributed by atoms with Gasteiger partial charge in [0.1, 0.15) is 6.07 Å². The molecule has 0 bridgehead atoms. The molecule has 0 atom stereocenters. The van der Waals surface area contributed by atoms with Crippen LogP contribution in [0.3, 0.4) is 0 Å². The van der Waals surface area contributed by atoms with Crippen molar-refractivity contribution in [1.29, 1.82) is 5.26 Å². The zero-order valence-electron chi connectivity index (χ0n) is 9.26. The summed E-state index contributed by atoms with van der Waals surface area (Å²) in [6, 6.07) is 4.75. The summed E-state index contributed by atoms with van der Waals surface area (Å²) in [6.07, 6.45) is -1.01. The molecule has 1 N–H and O–H groups in total. The van der Waals surface area contributed by atoms with Crippen molar-refractivity contribution in [3.63, 3.8) is 0 Å². The number of benzene rings is 1. The van der Waals surface area contributed by atoms with Crippen LogP contribution < -0.4 is 5.32 Å². The first kappa shape index (κ1) is 14.4. The van der Waals surface area contributed by atoms with Gasteiger partial charge in [-0.1, -0.05) is 12.2 Å². The fourth-order valence-electron chi connectivity index (χ4n) is 1.28. The molecule has 96 valence electrons. The van der Waals surface area contributed by atoms with Gasteiger partial charge in [-0.05, 0) is 18.2 Å². The number of halogens is 4. The molecule has 0 spiro atoms. The fraction of sp³-hybridized carbons (Fsp3) is 0.250. The maximum absolute atomic E-state index is 12.4. The van der Waals surface area contributed by atoms with Gasteiger partial charge in [-0.3, -0.25) is 0 Å². The lowest BCUT2D eigenvalue weighted by Gasteiger charge is -2.10. The molecule has 1 aromatic rings. The molecular weight excluding hydrogens is 265 g/mol. The van der Waals surface area contributed by atoms with Crippen LogP contribution in [0.25, 0.3) is 0 Å². The lowest BCUT2D eigenvalue weighted by Crippen LogP contribution is -2.07. The van der Waals surface area contributed by atoms with E-state index < -0.39 is 11.7 Å². The number of nitriles is 1. The monoisotopic (exact) mass is 274 g/mol. The van der Waals surface area contributed by atoms with Crippen molar-refractivity contribution >= 4 is 17.3 Å². The Kier molecular flexibility index (Phi) is 5.05. The van der Waals surface area contributed by atoms with Crippen LogP contribution in [-0.4, -0.2) is 12.4 Å². The standard InChI is InChI=1S/C12H10ClF3N2/c13-5-1-2-6-18-11-4-3-10(12(14,15)16)7-9(11)8-17/h1-4,7,18H,5-6H2/b2-1+. The van der Waals surface area contributed by atoms with Gasteiger partial charge in [-0.25, -0.2) is 0 Å². The Morgan fingerprint density at radius 3 is 2.61 bits per heavy atom. The predicted molar refractivity (Wildman–Crippen MR) is 64.5 cm³/mol. The minimum absolute atomic E-state index is 0.0379. The van der Waals surface area contributed by atoms with Gasteiger partial charge in [-0.15, -0.1) is 11.6 Å². The normalized spacial score (nSPS) is 11.5. The van der Waals surface area contributed by atoms with E-state index in [1.165, 1.54) is 6.07 Å². The molecule has 0 amide bonds. The topological polar surface area (TPSA) is 35.8 Å². The molecule has 18 heavy (non-hydrogen) atoms. The summed E-state index contributed by atoms with van der Waals surface area (Å²) in [5, 5.41) is 11.7. The van der Waals surface area contributed by atoms with Crippen molar-refractivity contribution in [2.45, 2.75) is 6.18 Å². The second-order valence-corrected chi connectivity index (χ2v) is 3.69. The Morgan fingerprint density at radius 1 is 1.33 bits per heavy atom. The lowest BCUT2D eigenvalue weighted by molar-refractivity contribution is -0.137. The second-order valence-electron chi connectivity index (χ2n) is 3.38. The van der Waals surface area contributed by atoms with Crippen molar-refractivity contribution in [2.24, 2.45) is 0 Å². The summed E-state index contributed by atoms with van der Waals surface area (Å²) in [7, 11) is 0. The van der Waals surface area contributed by atoms with Crippen LogP contribution in [0.4, 0.5) is 18.9 Å². The first-order chi connectivity index (χ1) is 8.49. The van der Waals surface area contributed by atoms with Gasteiger partial charge in [-0.2, -0.15) is 18.4 Å². The van der Waals surface area contributed by atoms with E-state index in [0.29, 0.717) is 18.1 Å². The zero-order valence-corrected chi connectivity index (χ0v) is 10.0. The van der Waals surface area contributed by atoms with Crippen molar-refractivity contribution in [3.8, 4) is 6.07 Å². The molecule has 0 saturated carbocycles. The summed E-state index contributed by atoms with van der Waals surface area (Å²) in [5.41, 5.74) is -0.505. The number of rotatable bonds is 4. The molecule has 6 heteroatoms. The Labute approximate surface area is 108 Å². The van der Waals surface area contributed by atoms with Crippen molar-refractivity contribution in [1.82, 2.24) is 0 Å². The van der Waals surface area contributed by atoms with Crippen LogP contribution in [-0.2, 0) is 6.18 Å². The molecule has 0 heterocycles. The summed E-state index contributed by atoms with van der Waals surface area (Å²) < 4.78 is 37.3. The number of hydrogen-bond acceptors (Lipinski definition) is 2. The Balaban J connectivity index is 2.88. The smallest absolute Gasteiger partial charge is 0.381 e. The molecule has 2 nitrogen and oxygen atoms in total. The van der Waals surface area contributed by atoms with E-state index in [4.69, 9.17) is 16.9 Å². The molecular formula is C12H10ClF3N2. The third kappa shape index (κ3) is 3.97. The van der Waals surface area contributed by atoms with Gasteiger partial charge in [0, 0.05) is 12.4 Å². The van der Waals surface area contributed by atoms with E-state index in [1.807, 2.05) is 0 Å². The van der Waals surface area contributed by atoms with Gasteiger partial charge in [0.25, 0.3) is 0 Å². The van der Waals surface area contributed by atoms with Gasteiger partial charge in [0.15, 0.2) is 0 Å². The molecule has 0 aliphatic carbocycles. The average molecular weight is 275 g/mol. The molecule has 0 aliphatic rings. The van der Waals surface area contributed by atoms with Crippen LogP contribution in [0, 0.1) is 11.3 Å². The number of alkyl halides is 4. The number of nitrogens with one attached hydrogen (secondary N) is 1. The summed E-state index contributed by atoms with van der Waals surface area (Å²) >= 11 is 5.42. The van der Waals surface area contributed by atoms with E-state index in [0.717, 1.165) is 12.1 Å². The van der Waals surface area contributed by atoms with Crippen LogP contribution in [0.5, 0.6) is 0 Å². The minimum Gasteiger partial charge on any atom is -0.381 e. The third-order valence-corrected chi connectivity index (χ3v) is 2.31. The molecule has 0 unspecified atom stereocenters. The van der Waals surface area contributed by atoms with E-state index in [9.17, 15) is 13.2 Å². The van der Waals surface area contributed by atoms with Crippen molar-refractivity contribution in [3.05, 3.63) is 41.5 Å². The van der Waals surface area contributed by atoms with Gasteiger partial charge >= 0.3 is 6.18 Å². The molecule has 0 fully saturated rings. The average Bonchev–Trinajstić information content (AvgIpc) is 2.33. The van der Waals surface area contributed by atoms with E-state index in [-0.39, 0.29) is 5.56 Å². The Hall–Kier alpha value is -1.67. The SMILES string of the molecule is N#Cc1cc(C(F)(F)F)ccc1NC/C=C/CCl. The minimum atomic E-state index is -4.44. The summed E-state index contributed by atoms with van der Waals surface area (Å²) in [5.74, 6) is 0.361. The molecule has 1 aromatic carbocycles. The first-order valence-electron chi connectivity index (χ1n) is 5.05. The van der Waals surface area contributed by atoms with E-state index in [1.54, 1.807) is 18.2 Å². The highest BCUT2D eigenvalue weighted by molar-refractivity contribution is 6.18. The molecule has 0 aromatic heterocycles. The van der Waals surface area contributed by atoms with E-state index in [2.05, 4.69) is 5.32 Å². The number of allylic oxidation sites excluding steroid dienone is 1. The first-order valence-corrected chi connectivity index (χ1v) is 5.58.